The quantitative estimate of drug-likeness (QED) is 0.594. The zero-order valence-electron chi connectivity index (χ0n) is 20.5. The van der Waals surface area contributed by atoms with Crippen LogP contribution in [0.3, 0.4) is 0 Å². The Morgan fingerprint density at radius 1 is 1.09 bits per heavy atom. The van der Waals surface area contributed by atoms with Crippen molar-refractivity contribution in [3.05, 3.63) is 11.1 Å². The standard InChI is InChI=1S/C23H35ClN4O5Si/c1-23(2,3)34(4,5)33-16-12-31-18-15(11-30-19(16)18)32-22-26-14-10-13(24)20(25)27-21(14)28(22)17-8-6-7-9-29-17/h10,15-19H,6-9,11-12H2,1-5H3,(H2,25,27)/t15-,16-,17?,18-,19-/m1/s1. The molecule has 2 N–H and O–H groups in total. The monoisotopic (exact) mass is 510 g/mol. The number of nitrogens with two attached hydrogens (primary N) is 1. The van der Waals surface area contributed by atoms with E-state index in [0.29, 0.717) is 42.0 Å². The highest BCUT2D eigenvalue weighted by Gasteiger charge is 2.52. The number of fused-ring (bicyclic) bond motifs is 2. The van der Waals surface area contributed by atoms with Gasteiger partial charge in [0.05, 0.1) is 24.3 Å². The van der Waals surface area contributed by atoms with Crippen LogP contribution in [0.1, 0.15) is 46.3 Å². The van der Waals surface area contributed by atoms with Crippen LogP contribution >= 0.6 is 11.6 Å². The number of nitrogen functional groups attached to an aromatic ring is 1. The van der Waals surface area contributed by atoms with Crippen LogP contribution in [0, 0.1) is 0 Å². The van der Waals surface area contributed by atoms with E-state index in [2.05, 4.69) is 38.8 Å². The van der Waals surface area contributed by atoms with Crippen molar-refractivity contribution in [2.75, 3.05) is 25.6 Å². The summed E-state index contributed by atoms with van der Waals surface area (Å²) in [6.45, 7) is 12.8. The van der Waals surface area contributed by atoms with E-state index in [1.807, 2.05) is 4.57 Å². The van der Waals surface area contributed by atoms with Crippen LogP contribution in [0.15, 0.2) is 6.07 Å². The Balaban J connectivity index is 1.39. The summed E-state index contributed by atoms with van der Waals surface area (Å²) < 4.78 is 33.3. The number of imidazole rings is 1. The number of anilines is 1. The molecule has 0 aromatic carbocycles. The average molecular weight is 511 g/mol. The van der Waals surface area contributed by atoms with Crippen molar-refractivity contribution in [1.29, 1.82) is 0 Å². The van der Waals surface area contributed by atoms with Crippen LogP contribution in [0.2, 0.25) is 23.2 Å². The molecule has 5 atom stereocenters. The minimum atomic E-state index is -1.96. The van der Waals surface area contributed by atoms with Gasteiger partial charge in [0, 0.05) is 6.61 Å². The maximum atomic E-state index is 6.62. The van der Waals surface area contributed by atoms with Crippen molar-refractivity contribution in [2.45, 2.75) is 88.8 Å². The van der Waals surface area contributed by atoms with Gasteiger partial charge in [0.15, 0.2) is 20.1 Å². The third-order valence-electron chi connectivity index (χ3n) is 7.53. The lowest BCUT2D eigenvalue weighted by molar-refractivity contribution is -0.0406. The smallest absolute Gasteiger partial charge is 0.301 e. The maximum Gasteiger partial charge on any atom is 0.301 e. The molecule has 5 heterocycles. The third kappa shape index (κ3) is 4.33. The van der Waals surface area contributed by atoms with E-state index < -0.39 is 8.32 Å². The molecule has 0 aliphatic carbocycles. The Morgan fingerprint density at radius 3 is 2.47 bits per heavy atom. The Bertz CT molecular complexity index is 1050. The molecule has 34 heavy (non-hydrogen) atoms. The molecule has 11 heteroatoms. The van der Waals surface area contributed by atoms with E-state index in [1.54, 1.807) is 6.07 Å². The minimum absolute atomic E-state index is 0.0970. The Morgan fingerprint density at radius 2 is 1.79 bits per heavy atom. The van der Waals surface area contributed by atoms with E-state index in [-0.39, 0.29) is 41.5 Å². The highest BCUT2D eigenvalue weighted by molar-refractivity contribution is 6.74. The molecule has 3 aliphatic heterocycles. The van der Waals surface area contributed by atoms with Crippen LogP contribution in [0.5, 0.6) is 6.01 Å². The number of ether oxygens (including phenoxy) is 4. The van der Waals surface area contributed by atoms with Crippen molar-refractivity contribution >= 4 is 36.9 Å². The van der Waals surface area contributed by atoms with Gasteiger partial charge in [0.25, 0.3) is 0 Å². The van der Waals surface area contributed by atoms with E-state index >= 15 is 0 Å². The SMILES string of the molecule is CC(C)(C)[Si](C)(C)O[C@@H]1CO[C@H]2[C@@H]1OC[C@H]2Oc1nc2cc(Cl)c(N)nc2n1C1CCCCO1. The average Bonchev–Trinajstić information content (AvgIpc) is 3.44. The molecule has 0 radical (unpaired) electrons. The first-order valence-corrected chi connectivity index (χ1v) is 15.4. The zero-order chi connectivity index (χ0) is 24.3. The second-order valence-electron chi connectivity index (χ2n) is 11.0. The first-order chi connectivity index (χ1) is 16.0. The number of rotatable bonds is 5. The fraction of sp³-hybridized carbons (Fsp3) is 0.739. The van der Waals surface area contributed by atoms with Crippen molar-refractivity contribution in [1.82, 2.24) is 14.5 Å². The number of hydrogen-bond donors (Lipinski definition) is 1. The lowest BCUT2D eigenvalue weighted by Crippen LogP contribution is -2.47. The molecular formula is C23H35ClN4O5Si. The Labute approximate surface area is 206 Å². The van der Waals surface area contributed by atoms with Gasteiger partial charge in [-0.05, 0) is 43.5 Å². The molecule has 3 fully saturated rings. The van der Waals surface area contributed by atoms with Crippen molar-refractivity contribution < 1.29 is 23.4 Å². The van der Waals surface area contributed by atoms with Gasteiger partial charge in [0.2, 0.25) is 0 Å². The summed E-state index contributed by atoms with van der Waals surface area (Å²) in [5.74, 6) is 0.256. The first-order valence-electron chi connectivity index (χ1n) is 12.1. The molecule has 188 valence electrons. The fourth-order valence-electron chi connectivity index (χ4n) is 4.58. The van der Waals surface area contributed by atoms with Gasteiger partial charge >= 0.3 is 6.01 Å². The van der Waals surface area contributed by atoms with Gasteiger partial charge in [-0.1, -0.05) is 32.4 Å². The summed E-state index contributed by atoms with van der Waals surface area (Å²) >= 11 is 6.22. The maximum absolute atomic E-state index is 6.62. The minimum Gasteiger partial charge on any atom is -0.456 e. The van der Waals surface area contributed by atoms with Gasteiger partial charge < -0.3 is 29.1 Å². The molecule has 0 saturated carbocycles. The second-order valence-corrected chi connectivity index (χ2v) is 16.1. The summed E-state index contributed by atoms with van der Waals surface area (Å²) in [6.07, 6.45) is 1.91. The first kappa shape index (κ1) is 24.3. The molecule has 1 unspecified atom stereocenters. The molecule has 9 nitrogen and oxygen atoms in total. The summed E-state index contributed by atoms with van der Waals surface area (Å²) in [5, 5.41) is 0.475. The lowest BCUT2D eigenvalue weighted by atomic mass is 10.1. The van der Waals surface area contributed by atoms with Crippen molar-refractivity contribution in [3.63, 3.8) is 0 Å². The number of pyridine rings is 1. The Hall–Kier alpha value is -1.43. The van der Waals surface area contributed by atoms with Crippen LogP contribution in [0.4, 0.5) is 5.82 Å². The molecule has 2 aromatic heterocycles. The number of aromatic nitrogens is 3. The van der Waals surface area contributed by atoms with Gasteiger partial charge in [-0.2, -0.15) is 4.98 Å². The predicted octanol–water partition coefficient (Wildman–Crippen LogP) is 4.30. The van der Waals surface area contributed by atoms with Crippen molar-refractivity contribution in [3.8, 4) is 6.01 Å². The van der Waals surface area contributed by atoms with Crippen LogP contribution in [-0.4, -0.2) is 67.1 Å². The largest absolute Gasteiger partial charge is 0.456 e. The molecule has 0 spiro atoms. The predicted molar refractivity (Wildman–Crippen MR) is 132 cm³/mol. The van der Waals surface area contributed by atoms with E-state index in [0.717, 1.165) is 19.3 Å². The topological polar surface area (TPSA) is 103 Å². The lowest BCUT2D eigenvalue weighted by Gasteiger charge is -2.39. The summed E-state index contributed by atoms with van der Waals surface area (Å²) in [5.41, 5.74) is 7.23. The van der Waals surface area contributed by atoms with Crippen LogP contribution in [-0.2, 0) is 18.6 Å². The second kappa shape index (κ2) is 8.90. The highest BCUT2D eigenvalue weighted by atomic mass is 35.5. The van der Waals surface area contributed by atoms with Gasteiger partial charge in [-0.15, -0.1) is 0 Å². The molecule has 0 amide bonds. The van der Waals surface area contributed by atoms with Crippen LogP contribution < -0.4 is 10.5 Å². The summed E-state index contributed by atoms with van der Waals surface area (Å²) in [4.78, 5) is 9.20. The molecule has 5 rings (SSSR count). The van der Waals surface area contributed by atoms with E-state index in [1.165, 1.54) is 0 Å². The number of hydrogen-bond acceptors (Lipinski definition) is 8. The zero-order valence-corrected chi connectivity index (χ0v) is 22.3. The summed E-state index contributed by atoms with van der Waals surface area (Å²) in [6, 6.07) is 2.14. The highest BCUT2D eigenvalue weighted by Crippen LogP contribution is 2.41. The summed E-state index contributed by atoms with van der Waals surface area (Å²) in [7, 11) is -1.96. The van der Waals surface area contributed by atoms with Crippen molar-refractivity contribution in [2.24, 2.45) is 0 Å². The molecule has 3 saturated heterocycles. The fourth-order valence-corrected chi connectivity index (χ4v) is 6.04. The normalized spacial score (nSPS) is 30.1. The van der Waals surface area contributed by atoms with Crippen LogP contribution in [0.25, 0.3) is 11.2 Å². The molecular weight excluding hydrogens is 476 g/mol. The third-order valence-corrected chi connectivity index (χ3v) is 12.3. The number of halogens is 1. The van der Waals surface area contributed by atoms with E-state index in [4.69, 9.17) is 45.7 Å². The molecule has 3 aliphatic rings. The number of nitrogens with zero attached hydrogens (tertiary/aromatic N) is 3. The Kier molecular flexibility index (Phi) is 6.35. The van der Waals surface area contributed by atoms with Gasteiger partial charge in [0.1, 0.15) is 29.8 Å². The van der Waals surface area contributed by atoms with Gasteiger partial charge in [-0.3, -0.25) is 4.57 Å². The van der Waals surface area contributed by atoms with Gasteiger partial charge in [-0.25, -0.2) is 4.98 Å². The molecule has 0 bridgehead atoms. The van der Waals surface area contributed by atoms with E-state index in [9.17, 15) is 0 Å². The molecule has 2 aromatic rings.